The van der Waals surface area contributed by atoms with Crippen LogP contribution in [0.2, 0.25) is 0 Å². The van der Waals surface area contributed by atoms with Crippen LogP contribution in [0, 0.1) is 0 Å². The number of hydrogen-bond acceptors (Lipinski definition) is 4. The molecule has 0 bridgehead atoms. The van der Waals surface area contributed by atoms with E-state index in [1.807, 2.05) is 18.2 Å². The first kappa shape index (κ1) is 10.9. The van der Waals surface area contributed by atoms with E-state index in [4.69, 9.17) is 22.1 Å². The first-order valence-corrected chi connectivity index (χ1v) is 5.79. The molecule has 92 valence electrons. The van der Waals surface area contributed by atoms with Gasteiger partial charge in [-0.3, -0.25) is 5.10 Å². The van der Waals surface area contributed by atoms with Crippen LogP contribution in [-0.4, -0.2) is 26.2 Å². The maximum Gasteiger partial charge on any atom is 0.162 e. The molecule has 0 aliphatic heterocycles. The molecule has 0 atom stereocenters. The Morgan fingerprint density at radius 1 is 1.39 bits per heavy atom. The van der Waals surface area contributed by atoms with Crippen molar-refractivity contribution in [1.82, 2.24) is 20.2 Å². The summed E-state index contributed by atoms with van der Waals surface area (Å²) in [5, 5.41) is 6.66. The van der Waals surface area contributed by atoms with Gasteiger partial charge in [-0.2, -0.15) is 5.10 Å². The molecule has 0 radical (unpaired) electrons. The number of halogens is 1. The van der Waals surface area contributed by atoms with E-state index < -0.39 is 0 Å². The summed E-state index contributed by atoms with van der Waals surface area (Å²) in [6, 6.07) is 5.61. The summed E-state index contributed by atoms with van der Waals surface area (Å²) in [7, 11) is 0. The highest BCUT2D eigenvalue weighted by Gasteiger charge is 2.10. The number of anilines is 1. The Morgan fingerprint density at radius 3 is 3.00 bits per heavy atom. The minimum atomic E-state index is 0.111. The van der Waals surface area contributed by atoms with Gasteiger partial charge in [0.1, 0.15) is 11.4 Å². The predicted octanol–water partition coefficient (Wildman–Crippen LogP) is 2.11. The molecule has 7 heteroatoms. The van der Waals surface area contributed by atoms with E-state index in [0.29, 0.717) is 23.0 Å². The number of nitrogens with one attached hydrogen (secondary N) is 2. The number of rotatable bonds is 3. The molecule has 0 aliphatic carbocycles. The van der Waals surface area contributed by atoms with Crippen LogP contribution >= 0.6 is 11.6 Å². The van der Waals surface area contributed by atoms with Gasteiger partial charge < -0.3 is 15.5 Å². The number of aromatic nitrogens is 4. The Kier molecular flexibility index (Phi) is 2.56. The summed E-state index contributed by atoms with van der Waals surface area (Å²) in [6.07, 6.45) is 1.55. The number of ether oxygens (including phenoxy) is 1. The molecule has 0 unspecified atom stereocenters. The van der Waals surface area contributed by atoms with Gasteiger partial charge in [0, 0.05) is 6.07 Å². The van der Waals surface area contributed by atoms with Gasteiger partial charge in [0.2, 0.25) is 0 Å². The normalized spacial score (nSPS) is 10.9. The Labute approximate surface area is 107 Å². The molecule has 0 fully saturated rings. The van der Waals surface area contributed by atoms with E-state index in [2.05, 4.69) is 20.2 Å². The summed E-state index contributed by atoms with van der Waals surface area (Å²) >= 11 is 5.52. The van der Waals surface area contributed by atoms with Gasteiger partial charge in [0.25, 0.3) is 0 Å². The lowest BCUT2D eigenvalue weighted by molar-refractivity contribution is 0.388. The van der Waals surface area contributed by atoms with Gasteiger partial charge in [0.05, 0.1) is 22.9 Å². The van der Waals surface area contributed by atoms with Gasteiger partial charge in [-0.15, -0.1) is 0 Å². The number of aromatic amines is 2. The van der Waals surface area contributed by atoms with Gasteiger partial charge in [-0.1, -0.05) is 11.6 Å². The minimum absolute atomic E-state index is 0.111. The zero-order valence-corrected chi connectivity index (χ0v) is 10.0. The van der Waals surface area contributed by atoms with Crippen LogP contribution in [-0.2, 0) is 0 Å². The van der Waals surface area contributed by atoms with Crippen LogP contribution < -0.4 is 10.5 Å². The molecular weight excluding hydrogens is 254 g/mol. The second kappa shape index (κ2) is 4.23. The van der Waals surface area contributed by atoms with Crippen molar-refractivity contribution in [3.8, 4) is 17.3 Å². The topological polar surface area (TPSA) is 92.6 Å². The summed E-state index contributed by atoms with van der Waals surface area (Å²) < 4.78 is 5.21. The highest BCUT2D eigenvalue weighted by Crippen LogP contribution is 2.25. The average molecular weight is 264 g/mol. The zero-order chi connectivity index (χ0) is 12.5. The fourth-order valence-electron chi connectivity index (χ4n) is 1.75. The van der Waals surface area contributed by atoms with E-state index in [1.54, 1.807) is 6.20 Å². The summed E-state index contributed by atoms with van der Waals surface area (Å²) in [5.74, 6) is 1.33. The molecule has 1 aromatic carbocycles. The molecular formula is C11H10ClN5O. The molecule has 0 amide bonds. The molecule has 3 aromatic rings. The van der Waals surface area contributed by atoms with Crippen LogP contribution in [0.4, 0.5) is 5.69 Å². The van der Waals surface area contributed by atoms with Gasteiger partial charge in [0.15, 0.2) is 11.9 Å². The number of nitrogens with zero attached hydrogens (tertiary/aromatic N) is 2. The van der Waals surface area contributed by atoms with E-state index in [1.165, 1.54) is 0 Å². The number of benzene rings is 1. The number of nitrogens with two attached hydrogens (primary N) is 1. The molecule has 2 aromatic heterocycles. The maximum atomic E-state index is 5.78. The van der Waals surface area contributed by atoms with Crippen LogP contribution in [0.25, 0.3) is 22.6 Å². The van der Waals surface area contributed by atoms with E-state index in [0.717, 1.165) is 11.0 Å². The van der Waals surface area contributed by atoms with Crippen LogP contribution in [0.15, 0.2) is 24.4 Å². The van der Waals surface area contributed by atoms with E-state index in [-0.39, 0.29) is 6.07 Å². The first-order valence-electron chi connectivity index (χ1n) is 5.25. The highest BCUT2D eigenvalue weighted by atomic mass is 35.5. The Bertz CT molecular complexity index is 690. The van der Waals surface area contributed by atoms with Crippen LogP contribution in [0.5, 0.6) is 5.75 Å². The highest BCUT2D eigenvalue weighted by molar-refractivity contribution is 6.17. The van der Waals surface area contributed by atoms with Crippen molar-refractivity contribution in [1.29, 1.82) is 0 Å². The number of imidazole rings is 1. The molecule has 0 aliphatic rings. The summed E-state index contributed by atoms with van der Waals surface area (Å²) in [4.78, 5) is 7.57. The number of H-pyrrole nitrogens is 2. The smallest absolute Gasteiger partial charge is 0.162 e. The SMILES string of the molecule is Nc1cn[nH]c1-c1nc2ccc(OCCl)cc2[nH]1. The number of nitrogen functional groups attached to an aromatic ring is 1. The van der Waals surface area contributed by atoms with Crippen molar-refractivity contribution in [3.63, 3.8) is 0 Å². The van der Waals surface area contributed by atoms with Crippen molar-refractivity contribution < 1.29 is 4.74 Å². The summed E-state index contributed by atoms with van der Waals surface area (Å²) in [6.45, 7) is 0. The first-order chi connectivity index (χ1) is 8.78. The Hall–Kier alpha value is -2.21. The van der Waals surface area contributed by atoms with Crippen molar-refractivity contribution in [2.75, 3.05) is 11.8 Å². The predicted molar refractivity (Wildman–Crippen MR) is 69.4 cm³/mol. The molecule has 2 heterocycles. The van der Waals surface area contributed by atoms with Crippen LogP contribution in [0.1, 0.15) is 0 Å². The quantitative estimate of drug-likeness (QED) is 0.631. The van der Waals surface area contributed by atoms with Crippen molar-refractivity contribution >= 4 is 28.3 Å². The monoisotopic (exact) mass is 263 g/mol. The molecule has 4 N–H and O–H groups in total. The van der Waals surface area contributed by atoms with Crippen LogP contribution in [0.3, 0.4) is 0 Å². The second-order valence-corrected chi connectivity index (χ2v) is 3.94. The van der Waals surface area contributed by atoms with E-state index >= 15 is 0 Å². The lowest BCUT2D eigenvalue weighted by Gasteiger charge is -1.99. The van der Waals surface area contributed by atoms with Gasteiger partial charge in [-0.25, -0.2) is 4.98 Å². The molecule has 0 saturated carbocycles. The molecule has 3 rings (SSSR count). The zero-order valence-electron chi connectivity index (χ0n) is 9.27. The summed E-state index contributed by atoms with van der Waals surface area (Å²) in [5.41, 5.74) is 8.66. The van der Waals surface area contributed by atoms with Gasteiger partial charge >= 0.3 is 0 Å². The largest absolute Gasteiger partial charge is 0.478 e. The third-order valence-electron chi connectivity index (χ3n) is 2.58. The molecule has 0 spiro atoms. The van der Waals surface area contributed by atoms with E-state index in [9.17, 15) is 0 Å². The average Bonchev–Trinajstić information content (AvgIpc) is 2.94. The fraction of sp³-hybridized carbons (Fsp3) is 0.0909. The minimum Gasteiger partial charge on any atom is -0.478 e. The molecule has 6 nitrogen and oxygen atoms in total. The molecule has 18 heavy (non-hydrogen) atoms. The Balaban J connectivity index is 2.08. The second-order valence-electron chi connectivity index (χ2n) is 3.72. The lowest BCUT2D eigenvalue weighted by Crippen LogP contribution is -1.88. The Morgan fingerprint density at radius 2 is 2.28 bits per heavy atom. The van der Waals surface area contributed by atoms with Crippen molar-refractivity contribution in [3.05, 3.63) is 24.4 Å². The number of fused-ring (bicyclic) bond motifs is 1. The third-order valence-corrected chi connectivity index (χ3v) is 2.69. The third kappa shape index (κ3) is 1.76. The standard InChI is InChI=1S/C11H10ClN5O/c12-5-18-6-1-2-8-9(3-6)16-11(15-8)10-7(13)4-14-17-10/h1-4H,5,13H2,(H,14,17)(H,15,16). The molecule has 0 saturated heterocycles. The lowest BCUT2D eigenvalue weighted by atomic mass is 10.3. The van der Waals surface area contributed by atoms with Crippen molar-refractivity contribution in [2.24, 2.45) is 0 Å². The number of alkyl halides is 1. The van der Waals surface area contributed by atoms with Crippen molar-refractivity contribution in [2.45, 2.75) is 0 Å². The fourth-order valence-corrected chi connectivity index (χ4v) is 1.87. The number of hydrogen-bond donors (Lipinski definition) is 3. The van der Waals surface area contributed by atoms with Gasteiger partial charge in [-0.05, 0) is 12.1 Å². The maximum absolute atomic E-state index is 5.78.